The lowest BCUT2D eigenvalue weighted by molar-refractivity contribution is 0.1000. The molecule has 20 heavy (non-hydrogen) atoms. The van der Waals surface area contributed by atoms with Crippen molar-refractivity contribution in [2.24, 2.45) is 5.73 Å². The topological polar surface area (TPSA) is 74.4 Å². The van der Waals surface area contributed by atoms with Crippen LogP contribution in [0.15, 0.2) is 34.9 Å². The van der Waals surface area contributed by atoms with E-state index in [0.717, 1.165) is 0 Å². The first-order chi connectivity index (χ1) is 9.51. The molecule has 0 aliphatic heterocycles. The van der Waals surface area contributed by atoms with Gasteiger partial charge in [-0.15, -0.1) is 0 Å². The number of primary amides is 1. The number of carbonyl (C=O) groups excluding carboxylic acids is 1. The number of carbonyl (C=O) groups is 1. The van der Waals surface area contributed by atoms with E-state index in [0.29, 0.717) is 4.47 Å². The minimum absolute atomic E-state index is 0.196. The molecule has 1 amide bonds. The molecule has 7 heteroatoms. The molecule has 1 aromatic carbocycles. The van der Waals surface area contributed by atoms with Crippen LogP contribution in [0.5, 0.6) is 17.4 Å². The van der Waals surface area contributed by atoms with Crippen molar-refractivity contribution in [3.63, 3.8) is 0 Å². The summed E-state index contributed by atoms with van der Waals surface area (Å²) in [5.41, 5.74) is 5.43. The molecule has 0 unspecified atom stereocenters. The highest BCUT2D eigenvalue weighted by Crippen LogP contribution is 2.32. The Kier molecular flexibility index (Phi) is 4.19. The summed E-state index contributed by atoms with van der Waals surface area (Å²) < 4.78 is 24.6. The maximum absolute atomic E-state index is 13.6. The largest absolute Gasteiger partial charge is 0.493 e. The van der Waals surface area contributed by atoms with Crippen molar-refractivity contribution in [3.05, 3.63) is 46.3 Å². The first-order valence-electron chi connectivity index (χ1n) is 5.48. The molecule has 0 aliphatic rings. The van der Waals surface area contributed by atoms with Gasteiger partial charge in [-0.25, -0.2) is 9.37 Å². The van der Waals surface area contributed by atoms with Gasteiger partial charge in [-0.05, 0) is 40.2 Å². The van der Waals surface area contributed by atoms with Crippen LogP contribution in [0, 0.1) is 5.82 Å². The van der Waals surface area contributed by atoms with Crippen LogP contribution in [0.2, 0.25) is 0 Å². The predicted molar refractivity (Wildman–Crippen MR) is 73.5 cm³/mol. The molecule has 0 bridgehead atoms. The number of nitrogens with zero attached hydrogens (tertiary/aromatic N) is 1. The monoisotopic (exact) mass is 340 g/mol. The number of benzene rings is 1. The number of halogens is 2. The molecule has 0 spiro atoms. The lowest BCUT2D eigenvalue weighted by Gasteiger charge is -2.11. The highest BCUT2D eigenvalue weighted by atomic mass is 79.9. The molecule has 1 aromatic heterocycles. The second-order valence-corrected chi connectivity index (χ2v) is 4.69. The predicted octanol–water partition coefficient (Wildman–Crippen LogP) is 2.88. The number of amides is 1. The third-order valence-electron chi connectivity index (χ3n) is 2.43. The lowest BCUT2D eigenvalue weighted by atomic mass is 10.2. The van der Waals surface area contributed by atoms with E-state index in [1.165, 1.54) is 37.6 Å². The quantitative estimate of drug-likeness (QED) is 0.928. The second-order valence-electron chi connectivity index (χ2n) is 3.77. The fourth-order valence-corrected chi connectivity index (χ4v) is 1.79. The van der Waals surface area contributed by atoms with Gasteiger partial charge in [0, 0.05) is 16.2 Å². The molecule has 5 nitrogen and oxygen atoms in total. The number of aromatic nitrogens is 1. The van der Waals surface area contributed by atoms with E-state index >= 15 is 0 Å². The van der Waals surface area contributed by atoms with Gasteiger partial charge in [0.15, 0.2) is 17.3 Å². The molecular formula is C13H10BrFN2O3. The smallest absolute Gasteiger partial charge is 0.256 e. The van der Waals surface area contributed by atoms with Gasteiger partial charge in [-0.1, -0.05) is 0 Å². The van der Waals surface area contributed by atoms with E-state index in [-0.39, 0.29) is 22.9 Å². The summed E-state index contributed by atoms with van der Waals surface area (Å²) >= 11 is 3.10. The highest BCUT2D eigenvalue weighted by molar-refractivity contribution is 9.10. The van der Waals surface area contributed by atoms with E-state index in [2.05, 4.69) is 20.9 Å². The van der Waals surface area contributed by atoms with E-state index in [1.54, 1.807) is 0 Å². The van der Waals surface area contributed by atoms with Crippen molar-refractivity contribution in [2.45, 2.75) is 0 Å². The van der Waals surface area contributed by atoms with Gasteiger partial charge < -0.3 is 15.2 Å². The SMILES string of the molecule is COc1cc(C(N)=O)ccc1Oc1ncc(Br)cc1F. The third-order valence-corrected chi connectivity index (χ3v) is 2.86. The average Bonchev–Trinajstić information content (AvgIpc) is 2.42. The van der Waals surface area contributed by atoms with Crippen LogP contribution in [-0.2, 0) is 0 Å². The minimum atomic E-state index is -0.625. The van der Waals surface area contributed by atoms with Gasteiger partial charge in [-0.2, -0.15) is 0 Å². The van der Waals surface area contributed by atoms with Crippen molar-refractivity contribution in [2.75, 3.05) is 7.11 Å². The number of methoxy groups -OCH3 is 1. The Bertz CT molecular complexity index is 664. The number of nitrogens with two attached hydrogens (primary N) is 1. The van der Waals surface area contributed by atoms with Gasteiger partial charge in [0.2, 0.25) is 5.91 Å². The summed E-state index contributed by atoms with van der Waals surface area (Å²) in [5, 5.41) is 0. The Balaban J connectivity index is 2.35. The van der Waals surface area contributed by atoms with Crippen LogP contribution in [-0.4, -0.2) is 18.0 Å². The van der Waals surface area contributed by atoms with Gasteiger partial charge in [-0.3, -0.25) is 4.79 Å². The molecule has 1 heterocycles. The fourth-order valence-electron chi connectivity index (χ4n) is 1.49. The van der Waals surface area contributed by atoms with E-state index in [1.807, 2.05) is 0 Å². The number of ether oxygens (including phenoxy) is 2. The number of hydrogen-bond donors (Lipinski definition) is 1. The number of hydrogen-bond acceptors (Lipinski definition) is 4. The summed E-state index contributed by atoms with van der Waals surface area (Å²) in [7, 11) is 1.40. The fraction of sp³-hybridized carbons (Fsp3) is 0.0769. The van der Waals surface area contributed by atoms with Gasteiger partial charge in [0.25, 0.3) is 5.88 Å². The first kappa shape index (κ1) is 14.3. The van der Waals surface area contributed by atoms with Crippen LogP contribution >= 0.6 is 15.9 Å². The zero-order valence-corrected chi connectivity index (χ0v) is 12.0. The molecule has 104 valence electrons. The molecule has 2 rings (SSSR count). The Morgan fingerprint density at radius 1 is 1.35 bits per heavy atom. The Labute approximate surface area is 122 Å². The molecule has 0 aliphatic carbocycles. The average molecular weight is 341 g/mol. The third kappa shape index (κ3) is 3.05. The van der Waals surface area contributed by atoms with Crippen LogP contribution in [0.3, 0.4) is 0 Å². The summed E-state index contributed by atoms with van der Waals surface area (Å²) in [6.45, 7) is 0. The van der Waals surface area contributed by atoms with E-state index < -0.39 is 11.7 Å². The van der Waals surface area contributed by atoms with Crippen LogP contribution < -0.4 is 15.2 Å². The Hall–Kier alpha value is -2.15. The zero-order valence-electron chi connectivity index (χ0n) is 10.4. The summed E-state index contributed by atoms with van der Waals surface area (Å²) in [4.78, 5) is 14.9. The number of pyridine rings is 1. The summed E-state index contributed by atoms with van der Waals surface area (Å²) in [6.07, 6.45) is 1.41. The van der Waals surface area contributed by atoms with Gasteiger partial charge >= 0.3 is 0 Å². The van der Waals surface area contributed by atoms with E-state index in [4.69, 9.17) is 15.2 Å². The molecule has 0 atom stereocenters. The molecule has 0 fully saturated rings. The molecular weight excluding hydrogens is 331 g/mol. The minimum Gasteiger partial charge on any atom is -0.493 e. The second kappa shape index (κ2) is 5.87. The van der Waals surface area contributed by atoms with Gasteiger partial charge in [0.05, 0.1) is 7.11 Å². The van der Waals surface area contributed by atoms with E-state index in [9.17, 15) is 9.18 Å². The summed E-state index contributed by atoms with van der Waals surface area (Å²) in [5.74, 6) is -0.932. The highest BCUT2D eigenvalue weighted by Gasteiger charge is 2.13. The van der Waals surface area contributed by atoms with Crippen molar-refractivity contribution in [1.29, 1.82) is 0 Å². The van der Waals surface area contributed by atoms with Crippen LogP contribution in [0.1, 0.15) is 10.4 Å². The van der Waals surface area contributed by atoms with Crippen molar-refractivity contribution < 1.29 is 18.7 Å². The molecule has 0 radical (unpaired) electrons. The van der Waals surface area contributed by atoms with Crippen molar-refractivity contribution in [1.82, 2.24) is 4.98 Å². The maximum atomic E-state index is 13.6. The first-order valence-corrected chi connectivity index (χ1v) is 6.27. The maximum Gasteiger partial charge on any atom is 0.256 e. The molecule has 0 saturated carbocycles. The van der Waals surface area contributed by atoms with Crippen LogP contribution in [0.4, 0.5) is 4.39 Å². The van der Waals surface area contributed by atoms with Gasteiger partial charge in [0.1, 0.15) is 0 Å². The van der Waals surface area contributed by atoms with Crippen LogP contribution in [0.25, 0.3) is 0 Å². The van der Waals surface area contributed by atoms with Crippen molar-refractivity contribution in [3.8, 4) is 17.4 Å². The molecule has 0 saturated heterocycles. The number of rotatable bonds is 4. The van der Waals surface area contributed by atoms with Crippen molar-refractivity contribution >= 4 is 21.8 Å². The summed E-state index contributed by atoms with van der Waals surface area (Å²) in [6, 6.07) is 5.56. The zero-order chi connectivity index (χ0) is 14.7. The standard InChI is InChI=1S/C13H10BrFN2O3/c1-19-11-4-7(12(16)18)2-3-10(11)20-13-9(15)5-8(14)6-17-13/h2-6H,1H3,(H2,16,18). The molecule has 2 N–H and O–H groups in total. The normalized spacial score (nSPS) is 10.2. The Morgan fingerprint density at radius 2 is 2.10 bits per heavy atom. The lowest BCUT2D eigenvalue weighted by Crippen LogP contribution is -2.10. The Morgan fingerprint density at radius 3 is 2.70 bits per heavy atom. The molecule has 2 aromatic rings.